The molecule has 7 heteroatoms. The number of nitrogens with one attached hydrogen (secondary N) is 1. The Bertz CT molecular complexity index is 855. The lowest BCUT2D eigenvalue weighted by Gasteiger charge is -2.14. The Kier molecular flexibility index (Phi) is 3.83. The zero-order valence-electron chi connectivity index (χ0n) is 13.6. The standard InChI is InChI=1S/C18H17N3O4/c22-15-8-9-16(23)21(15)12-5-3-4-11(10-12)17(24)19-18-13-6-1-2-7-14(13)20-25-18/h3-5,10H,1-2,6-9H2,(H,19,24). The maximum atomic E-state index is 12.5. The number of carbonyl (C=O) groups is 3. The van der Waals surface area contributed by atoms with Crippen LogP contribution in [0.15, 0.2) is 28.8 Å². The minimum absolute atomic E-state index is 0.208. The molecule has 1 N–H and O–H groups in total. The van der Waals surface area contributed by atoms with Gasteiger partial charge in [-0.2, -0.15) is 0 Å². The van der Waals surface area contributed by atoms with Crippen molar-refractivity contribution in [3.63, 3.8) is 0 Å². The molecule has 7 nitrogen and oxygen atoms in total. The molecule has 1 aromatic carbocycles. The van der Waals surface area contributed by atoms with Crippen molar-refractivity contribution in [2.24, 2.45) is 0 Å². The van der Waals surface area contributed by atoms with Gasteiger partial charge in [-0.3, -0.25) is 24.6 Å². The SMILES string of the molecule is O=C(Nc1onc2c1CCCC2)c1cccc(N2C(=O)CCC2=O)c1. The second kappa shape index (κ2) is 6.16. The summed E-state index contributed by atoms with van der Waals surface area (Å²) >= 11 is 0. The molecule has 1 aromatic heterocycles. The third-order valence-electron chi connectivity index (χ3n) is 4.61. The number of hydrogen-bond acceptors (Lipinski definition) is 5. The van der Waals surface area contributed by atoms with Crippen LogP contribution in [-0.2, 0) is 22.4 Å². The summed E-state index contributed by atoms with van der Waals surface area (Å²) in [7, 11) is 0. The number of fused-ring (bicyclic) bond motifs is 1. The molecular formula is C18H17N3O4. The summed E-state index contributed by atoms with van der Waals surface area (Å²) in [5.74, 6) is -0.456. The van der Waals surface area contributed by atoms with E-state index in [1.165, 1.54) is 0 Å². The molecule has 4 rings (SSSR count). The molecule has 0 bridgehead atoms. The van der Waals surface area contributed by atoms with E-state index in [1.807, 2.05) is 0 Å². The van der Waals surface area contributed by atoms with Gasteiger partial charge in [0.1, 0.15) is 0 Å². The Morgan fingerprint density at radius 1 is 1.08 bits per heavy atom. The first kappa shape index (κ1) is 15.6. The largest absolute Gasteiger partial charge is 0.338 e. The second-order valence-electron chi connectivity index (χ2n) is 6.27. The van der Waals surface area contributed by atoms with Crippen LogP contribution in [0.4, 0.5) is 11.6 Å². The van der Waals surface area contributed by atoms with E-state index >= 15 is 0 Å². The molecule has 1 saturated heterocycles. The summed E-state index contributed by atoms with van der Waals surface area (Å²) in [5, 5.41) is 6.77. The first-order valence-corrected chi connectivity index (χ1v) is 8.38. The number of rotatable bonds is 3. The van der Waals surface area contributed by atoms with Gasteiger partial charge in [0, 0.05) is 24.0 Å². The van der Waals surface area contributed by atoms with E-state index in [-0.39, 0.29) is 30.6 Å². The molecular weight excluding hydrogens is 322 g/mol. The van der Waals surface area contributed by atoms with E-state index in [0.717, 1.165) is 41.8 Å². The first-order chi connectivity index (χ1) is 12.1. The molecule has 2 aromatic rings. The lowest BCUT2D eigenvalue weighted by Crippen LogP contribution is -2.28. The van der Waals surface area contributed by atoms with Gasteiger partial charge in [-0.25, -0.2) is 0 Å². The van der Waals surface area contributed by atoms with Crippen molar-refractivity contribution < 1.29 is 18.9 Å². The quantitative estimate of drug-likeness (QED) is 0.867. The molecule has 0 unspecified atom stereocenters. The van der Waals surface area contributed by atoms with Crippen molar-refractivity contribution in [3.05, 3.63) is 41.1 Å². The van der Waals surface area contributed by atoms with E-state index in [2.05, 4.69) is 10.5 Å². The Hall–Kier alpha value is -2.96. The first-order valence-electron chi connectivity index (χ1n) is 8.38. The summed E-state index contributed by atoms with van der Waals surface area (Å²) in [6, 6.07) is 6.47. The number of aromatic nitrogens is 1. The van der Waals surface area contributed by atoms with E-state index in [4.69, 9.17) is 4.52 Å². The van der Waals surface area contributed by atoms with Crippen molar-refractivity contribution >= 4 is 29.3 Å². The average Bonchev–Trinajstić information content (AvgIpc) is 3.18. The van der Waals surface area contributed by atoms with Gasteiger partial charge in [-0.15, -0.1) is 0 Å². The summed E-state index contributed by atoms with van der Waals surface area (Å²) in [6.07, 6.45) is 4.24. The van der Waals surface area contributed by atoms with Crippen LogP contribution in [-0.4, -0.2) is 22.9 Å². The second-order valence-corrected chi connectivity index (χ2v) is 6.27. The third kappa shape index (κ3) is 2.82. The van der Waals surface area contributed by atoms with Crippen LogP contribution in [0.1, 0.15) is 47.3 Å². The lowest BCUT2D eigenvalue weighted by atomic mass is 9.97. The highest BCUT2D eigenvalue weighted by Gasteiger charge is 2.30. The fourth-order valence-electron chi connectivity index (χ4n) is 3.31. The molecule has 0 radical (unpaired) electrons. The Morgan fingerprint density at radius 2 is 1.84 bits per heavy atom. The van der Waals surface area contributed by atoms with Crippen molar-refractivity contribution in [2.45, 2.75) is 38.5 Å². The number of nitrogens with zero attached hydrogens (tertiary/aromatic N) is 2. The van der Waals surface area contributed by atoms with Crippen LogP contribution in [0.3, 0.4) is 0 Å². The molecule has 0 spiro atoms. The number of benzene rings is 1. The summed E-state index contributed by atoms with van der Waals surface area (Å²) in [4.78, 5) is 37.4. The molecule has 0 saturated carbocycles. The summed E-state index contributed by atoms with van der Waals surface area (Å²) in [5.41, 5.74) is 2.63. The van der Waals surface area contributed by atoms with Crippen molar-refractivity contribution in [3.8, 4) is 0 Å². The molecule has 0 atom stereocenters. The van der Waals surface area contributed by atoms with Crippen LogP contribution >= 0.6 is 0 Å². The number of carbonyl (C=O) groups excluding carboxylic acids is 3. The highest BCUT2D eigenvalue weighted by atomic mass is 16.5. The van der Waals surface area contributed by atoms with Crippen LogP contribution < -0.4 is 10.2 Å². The van der Waals surface area contributed by atoms with E-state index in [9.17, 15) is 14.4 Å². The van der Waals surface area contributed by atoms with Gasteiger partial charge in [0.15, 0.2) is 0 Å². The number of aryl methyl sites for hydroxylation is 1. The zero-order chi connectivity index (χ0) is 17.4. The lowest BCUT2D eigenvalue weighted by molar-refractivity contribution is -0.121. The van der Waals surface area contributed by atoms with E-state index in [0.29, 0.717) is 17.1 Å². The molecule has 2 aliphatic rings. The molecule has 128 valence electrons. The van der Waals surface area contributed by atoms with Crippen LogP contribution in [0.25, 0.3) is 0 Å². The van der Waals surface area contributed by atoms with Gasteiger partial charge in [-0.05, 0) is 43.9 Å². The van der Waals surface area contributed by atoms with Gasteiger partial charge in [0.2, 0.25) is 17.7 Å². The van der Waals surface area contributed by atoms with Crippen molar-refractivity contribution in [1.29, 1.82) is 0 Å². The van der Waals surface area contributed by atoms with Crippen LogP contribution in [0.5, 0.6) is 0 Å². The minimum atomic E-state index is -0.356. The Balaban J connectivity index is 1.57. The number of amides is 3. The predicted octanol–water partition coefficient (Wildman–Crippen LogP) is 2.46. The molecule has 1 aliphatic heterocycles. The maximum Gasteiger partial charge on any atom is 0.258 e. The Labute approximate surface area is 144 Å². The van der Waals surface area contributed by atoms with Crippen molar-refractivity contribution in [2.75, 3.05) is 10.2 Å². The van der Waals surface area contributed by atoms with Gasteiger partial charge < -0.3 is 4.52 Å². The van der Waals surface area contributed by atoms with E-state index < -0.39 is 0 Å². The monoisotopic (exact) mass is 339 g/mol. The predicted molar refractivity (Wildman–Crippen MR) is 89.3 cm³/mol. The number of imide groups is 1. The van der Waals surface area contributed by atoms with Crippen LogP contribution in [0, 0.1) is 0 Å². The highest BCUT2D eigenvalue weighted by molar-refractivity contribution is 6.20. The van der Waals surface area contributed by atoms with Gasteiger partial charge in [0.25, 0.3) is 5.91 Å². The summed E-state index contributed by atoms with van der Waals surface area (Å²) < 4.78 is 5.27. The van der Waals surface area contributed by atoms with E-state index in [1.54, 1.807) is 24.3 Å². The molecule has 25 heavy (non-hydrogen) atoms. The molecule has 1 fully saturated rings. The third-order valence-corrected chi connectivity index (χ3v) is 4.61. The van der Waals surface area contributed by atoms with Crippen LogP contribution in [0.2, 0.25) is 0 Å². The Morgan fingerprint density at radius 3 is 2.64 bits per heavy atom. The number of hydrogen-bond donors (Lipinski definition) is 1. The van der Waals surface area contributed by atoms with Gasteiger partial charge in [-0.1, -0.05) is 11.2 Å². The molecule has 2 heterocycles. The topological polar surface area (TPSA) is 92.5 Å². The number of anilines is 2. The zero-order valence-corrected chi connectivity index (χ0v) is 13.6. The fraction of sp³-hybridized carbons (Fsp3) is 0.333. The van der Waals surface area contributed by atoms with Gasteiger partial charge >= 0.3 is 0 Å². The average molecular weight is 339 g/mol. The molecule has 1 aliphatic carbocycles. The fourth-order valence-corrected chi connectivity index (χ4v) is 3.31. The maximum absolute atomic E-state index is 12.5. The van der Waals surface area contributed by atoms with Gasteiger partial charge in [0.05, 0.1) is 11.4 Å². The smallest absolute Gasteiger partial charge is 0.258 e. The molecule has 3 amide bonds. The van der Waals surface area contributed by atoms with Crippen molar-refractivity contribution in [1.82, 2.24) is 5.16 Å². The highest BCUT2D eigenvalue weighted by Crippen LogP contribution is 2.28. The minimum Gasteiger partial charge on any atom is -0.338 e. The summed E-state index contributed by atoms with van der Waals surface area (Å²) in [6.45, 7) is 0. The normalized spacial score (nSPS) is 16.9.